The molecule has 0 saturated heterocycles. The van der Waals surface area contributed by atoms with Crippen LogP contribution in [-0.4, -0.2) is 19.2 Å². The summed E-state index contributed by atoms with van der Waals surface area (Å²) in [6, 6.07) is 8.24. The van der Waals surface area contributed by atoms with Crippen molar-refractivity contribution in [2.24, 2.45) is 0 Å². The van der Waals surface area contributed by atoms with Gasteiger partial charge in [-0.1, -0.05) is 0 Å². The third kappa shape index (κ3) is 2.88. The van der Waals surface area contributed by atoms with E-state index in [4.69, 9.17) is 9.15 Å². The molecule has 0 aliphatic carbocycles. The first kappa shape index (κ1) is 12.2. The largest absolute Gasteiger partial charge is 0.487 e. The Labute approximate surface area is 103 Å². The van der Waals surface area contributed by atoms with Crippen molar-refractivity contribution in [3.05, 3.63) is 40.8 Å². The van der Waals surface area contributed by atoms with Crippen LogP contribution in [0.4, 0.5) is 0 Å². The summed E-state index contributed by atoms with van der Waals surface area (Å²) < 4.78 is 15.2. The summed E-state index contributed by atoms with van der Waals surface area (Å²) in [4.78, 5) is 21.1. The molecule has 0 amide bonds. The van der Waals surface area contributed by atoms with E-state index in [0.717, 1.165) is 5.39 Å². The van der Waals surface area contributed by atoms with Crippen LogP contribution in [0.15, 0.2) is 39.5 Å². The Morgan fingerprint density at radius 2 is 2.11 bits per heavy atom. The Hall–Kier alpha value is -2.30. The fourth-order valence-corrected chi connectivity index (χ4v) is 1.56. The van der Waals surface area contributed by atoms with Gasteiger partial charge in [0.05, 0.1) is 0 Å². The highest BCUT2D eigenvalue weighted by atomic mass is 16.6. The number of rotatable bonds is 5. The predicted octanol–water partition coefficient (Wildman–Crippen LogP) is 1.73. The van der Waals surface area contributed by atoms with Gasteiger partial charge in [0, 0.05) is 17.5 Å². The van der Waals surface area contributed by atoms with E-state index in [1.165, 1.54) is 6.07 Å². The van der Waals surface area contributed by atoms with E-state index in [2.05, 4.69) is 4.74 Å². The summed E-state index contributed by atoms with van der Waals surface area (Å²) in [5, 5.41) is 0.818. The van der Waals surface area contributed by atoms with Gasteiger partial charge in [0.2, 0.25) is 0 Å². The van der Waals surface area contributed by atoms with E-state index >= 15 is 0 Å². The van der Waals surface area contributed by atoms with Gasteiger partial charge in [-0.25, -0.2) is 4.79 Å². The topological polar surface area (TPSA) is 65.7 Å². The van der Waals surface area contributed by atoms with Gasteiger partial charge in [-0.15, -0.1) is 0 Å². The number of fused-ring (bicyclic) bond motifs is 1. The van der Waals surface area contributed by atoms with Gasteiger partial charge in [-0.2, -0.15) is 0 Å². The summed E-state index contributed by atoms with van der Waals surface area (Å²) in [6.45, 7) is 2.31. The maximum Gasteiger partial charge on any atom is 0.336 e. The third-order valence-electron chi connectivity index (χ3n) is 2.33. The van der Waals surface area contributed by atoms with Crippen molar-refractivity contribution in [3.63, 3.8) is 0 Å². The van der Waals surface area contributed by atoms with Gasteiger partial charge >= 0.3 is 5.63 Å². The van der Waals surface area contributed by atoms with Gasteiger partial charge in [0.25, 0.3) is 6.47 Å². The first-order valence-corrected chi connectivity index (χ1v) is 5.45. The Morgan fingerprint density at radius 1 is 1.33 bits per heavy atom. The monoisotopic (exact) mass is 248 g/mol. The minimum atomic E-state index is -0.406. The third-order valence-corrected chi connectivity index (χ3v) is 2.33. The second kappa shape index (κ2) is 5.35. The number of hydrogen-bond donors (Lipinski definition) is 0. The molecular weight excluding hydrogens is 236 g/mol. The van der Waals surface area contributed by atoms with Gasteiger partial charge in [0.1, 0.15) is 24.0 Å². The van der Waals surface area contributed by atoms with Crippen LogP contribution in [0.25, 0.3) is 11.0 Å². The lowest BCUT2D eigenvalue weighted by atomic mass is 10.2. The summed E-state index contributed by atoms with van der Waals surface area (Å²) >= 11 is 0. The quantitative estimate of drug-likeness (QED) is 0.595. The molecule has 0 aliphatic heterocycles. The van der Waals surface area contributed by atoms with E-state index < -0.39 is 5.63 Å². The van der Waals surface area contributed by atoms with Crippen molar-refractivity contribution in [1.82, 2.24) is 0 Å². The summed E-state index contributed by atoms with van der Waals surface area (Å²) in [5.74, 6) is 0.554. The highest BCUT2D eigenvalue weighted by molar-refractivity contribution is 5.77. The molecule has 0 radical (unpaired) electrons. The van der Waals surface area contributed by atoms with Crippen molar-refractivity contribution >= 4 is 17.4 Å². The van der Waals surface area contributed by atoms with Crippen LogP contribution in [-0.2, 0) is 9.53 Å². The number of hydrogen-bond acceptors (Lipinski definition) is 5. The Kier molecular flexibility index (Phi) is 3.62. The molecule has 1 aromatic carbocycles. The molecule has 2 aromatic rings. The Morgan fingerprint density at radius 3 is 2.89 bits per heavy atom. The molecule has 1 unspecified atom stereocenters. The normalized spacial score (nSPS) is 12.1. The van der Waals surface area contributed by atoms with E-state index in [1.807, 2.05) is 0 Å². The summed E-state index contributed by atoms with van der Waals surface area (Å²) in [7, 11) is 0. The van der Waals surface area contributed by atoms with Gasteiger partial charge < -0.3 is 13.9 Å². The number of ether oxygens (including phenoxy) is 2. The molecule has 1 atom stereocenters. The maximum absolute atomic E-state index is 11.1. The average Bonchev–Trinajstić information content (AvgIpc) is 2.36. The molecule has 5 heteroatoms. The van der Waals surface area contributed by atoms with E-state index in [1.54, 1.807) is 31.2 Å². The molecule has 1 heterocycles. The Balaban J connectivity index is 2.19. The number of carbonyl (C=O) groups is 1. The standard InChI is InChI=1S/C13H12O5/c1-9(7-16-8-14)17-11-4-2-10-3-5-13(15)18-12(10)6-11/h2-6,8-9H,7H2,1H3. The lowest BCUT2D eigenvalue weighted by Crippen LogP contribution is -2.18. The molecule has 18 heavy (non-hydrogen) atoms. The molecule has 1 aromatic heterocycles. The van der Waals surface area contributed by atoms with Crippen molar-refractivity contribution in [2.45, 2.75) is 13.0 Å². The van der Waals surface area contributed by atoms with Gasteiger partial charge in [-0.05, 0) is 25.1 Å². The zero-order chi connectivity index (χ0) is 13.0. The van der Waals surface area contributed by atoms with Crippen molar-refractivity contribution in [2.75, 3.05) is 6.61 Å². The molecule has 0 aliphatic rings. The average molecular weight is 248 g/mol. The lowest BCUT2D eigenvalue weighted by Gasteiger charge is -2.13. The van der Waals surface area contributed by atoms with E-state index in [9.17, 15) is 9.59 Å². The SMILES string of the molecule is CC(COC=O)Oc1ccc2ccc(=O)oc2c1. The zero-order valence-electron chi connectivity index (χ0n) is 9.79. The zero-order valence-corrected chi connectivity index (χ0v) is 9.79. The molecule has 0 spiro atoms. The van der Waals surface area contributed by atoms with Crippen LogP contribution in [0.3, 0.4) is 0 Å². The second-order valence-corrected chi connectivity index (χ2v) is 3.81. The first-order chi connectivity index (χ1) is 8.69. The Bertz CT molecular complexity index is 602. The van der Waals surface area contributed by atoms with Crippen molar-refractivity contribution in [3.8, 4) is 5.75 Å². The molecule has 0 fully saturated rings. The van der Waals surface area contributed by atoms with E-state index in [0.29, 0.717) is 17.8 Å². The van der Waals surface area contributed by atoms with Gasteiger partial charge in [-0.3, -0.25) is 4.79 Å². The number of carbonyl (C=O) groups excluding carboxylic acids is 1. The highest BCUT2D eigenvalue weighted by Crippen LogP contribution is 2.20. The van der Waals surface area contributed by atoms with Crippen LogP contribution < -0.4 is 10.4 Å². The fourth-order valence-electron chi connectivity index (χ4n) is 1.56. The van der Waals surface area contributed by atoms with Crippen LogP contribution in [0.2, 0.25) is 0 Å². The van der Waals surface area contributed by atoms with Gasteiger partial charge in [0.15, 0.2) is 0 Å². The first-order valence-electron chi connectivity index (χ1n) is 5.45. The molecule has 94 valence electrons. The van der Waals surface area contributed by atoms with Crippen molar-refractivity contribution < 1.29 is 18.7 Å². The van der Waals surface area contributed by atoms with E-state index in [-0.39, 0.29) is 12.7 Å². The molecule has 0 bridgehead atoms. The van der Waals surface area contributed by atoms with Crippen molar-refractivity contribution in [1.29, 1.82) is 0 Å². The molecule has 5 nitrogen and oxygen atoms in total. The minimum absolute atomic E-state index is 0.167. The van der Waals surface area contributed by atoms with Crippen LogP contribution in [0.1, 0.15) is 6.92 Å². The molecule has 0 N–H and O–H groups in total. The maximum atomic E-state index is 11.1. The molecular formula is C13H12O5. The summed E-state index contributed by atoms with van der Waals surface area (Å²) in [6.07, 6.45) is -0.275. The molecule has 2 rings (SSSR count). The number of benzene rings is 1. The second-order valence-electron chi connectivity index (χ2n) is 3.81. The van der Waals surface area contributed by atoms with Crippen LogP contribution >= 0.6 is 0 Å². The van der Waals surface area contributed by atoms with Crippen LogP contribution in [0, 0.1) is 0 Å². The van der Waals surface area contributed by atoms with Crippen LogP contribution in [0.5, 0.6) is 5.75 Å². The predicted molar refractivity (Wildman–Crippen MR) is 64.6 cm³/mol. The minimum Gasteiger partial charge on any atom is -0.487 e. The lowest BCUT2D eigenvalue weighted by molar-refractivity contribution is -0.130. The summed E-state index contributed by atoms with van der Waals surface area (Å²) in [5.41, 5.74) is 0.0560. The smallest absolute Gasteiger partial charge is 0.336 e. The fraction of sp³-hybridized carbons (Fsp3) is 0.231. The highest BCUT2D eigenvalue weighted by Gasteiger charge is 2.06. The molecule has 0 saturated carbocycles.